The summed E-state index contributed by atoms with van der Waals surface area (Å²) in [6, 6.07) is 20.6. The van der Waals surface area contributed by atoms with Crippen LogP contribution in [-0.2, 0) is 32.6 Å². The monoisotopic (exact) mass is 569 g/mol. The third kappa shape index (κ3) is 8.29. The average molecular weight is 570 g/mol. The number of ether oxygens (including phenoxy) is 1. The summed E-state index contributed by atoms with van der Waals surface area (Å²) >= 11 is 0. The number of hydrogen-bond acceptors (Lipinski definition) is 5. The standard InChI is InChI=1S/C30H36FN3O5S/c1-4-5-19-32-30(36)27(20-23-13-7-6-8-14-23)33(21-24-15-9-10-16-25(24)31)29(35)22-34(40(3,37)38)26-17-11-12-18-28(26)39-2/h6-18,27H,4-5,19-22H2,1-3H3,(H,32,36)/t27-/m0/s1. The largest absolute Gasteiger partial charge is 0.495 e. The molecule has 1 atom stereocenters. The zero-order valence-electron chi connectivity index (χ0n) is 23.0. The molecule has 0 saturated heterocycles. The van der Waals surface area contributed by atoms with Crippen LogP contribution < -0.4 is 14.4 Å². The van der Waals surface area contributed by atoms with Gasteiger partial charge in [0, 0.05) is 25.1 Å². The van der Waals surface area contributed by atoms with Crippen molar-refractivity contribution in [2.75, 3.05) is 30.8 Å². The third-order valence-electron chi connectivity index (χ3n) is 6.43. The molecule has 1 N–H and O–H groups in total. The number of nitrogens with zero attached hydrogens (tertiary/aromatic N) is 2. The van der Waals surface area contributed by atoms with Gasteiger partial charge in [-0.05, 0) is 30.2 Å². The Morgan fingerprint density at radius 3 is 2.27 bits per heavy atom. The highest BCUT2D eigenvalue weighted by atomic mass is 32.2. The number of amides is 2. The van der Waals surface area contributed by atoms with Crippen molar-refractivity contribution in [1.29, 1.82) is 0 Å². The van der Waals surface area contributed by atoms with Crippen molar-refractivity contribution in [3.05, 3.63) is 95.8 Å². The van der Waals surface area contributed by atoms with E-state index in [1.807, 2.05) is 37.3 Å². The number of hydrogen-bond donors (Lipinski definition) is 1. The second-order valence-corrected chi connectivity index (χ2v) is 11.3. The minimum absolute atomic E-state index is 0.159. The van der Waals surface area contributed by atoms with E-state index in [0.717, 1.165) is 29.0 Å². The van der Waals surface area contributed by atoms with E-state index in [1.165, 1.54) is 30.2 Å². The molecule has 0 heterocycles. The van der Waals surface area contributed by atoms with Gasteiger partial charge < -0.3 is 15.0 Å². The first-order chi connectivity index (χ1) is 19.2. The van der Waals surface area contributed by atoms with Crippen LogP contribution in [0.2, 0.25) is 0 Å². The second-order valence-electron chi connectivity index (χ2n) is 9.40. The Kier molecular flexibility index (Phi) is 11.1. The van der Waals surface area contributed by atoms with Gasteiger partial charge in [-0.25, -0.2) is 12.8 Å². The lowest BCUT2D eigenvalue weighted by atomic mass is 10.0. The predicted octanol–water partition coefficient (Wildman–Crippen LogP) is 4.16. The van der Waals surface area contributed by atoms with Crippen molar-refractivity contribution in [3.63, 3.8) is 0 Å². The molecule has 0 saturated carbocycles. The number of methoxy groups -OCH3 is 1. The molecule has 0 radical (unpaired) electrons. The Hall–Kier alpha value is -3.92. The second kappa shape index (κ2) is 14.5. The minimum atomic E-state index is -3.95. The third-order valence-corrected chi connectivity index (χ3v) is 7.56. The molecule has 2 amide bonds. The molecule has 40 heavy (non-hydrogen) atoms. The van der Waals surface area contributed by atoms with Gasteiger partial charge in [-0.2, -0.15) is 0 Å². The van der Waals surface area contributed by atoms with Crippen molar-refractivity contribution < 1.29 is 27.1 Å². The number of rotatable bonds is 14. The Morgan fingerprint density at radius 2 is 1.62 bits per heavy atom. The summed E-state index contributed by atoms with van der Waals surface area (Å²) in [7, 11) is -2.55. The number of halogens is 1. The topological polar surface area (TPSA) is 96.0 Å². The number of carbonyl (C=O) groups is 2. The first-order valence-corrected chi connectivity index (χ1v) is 15.0. The van der Waals surface area contributed by atoms with Crippen molar-refractivity contribution in [1.82, 2.24) is 10.2 Å². The van der Waals surface area contributed by atoms with Crippen LogP contribution in [0.15, 0.2) is 78.9 Å². The maximum atomic E-state index is 14.8. The number of sulfonamides is 1. The molecule has 0 bridgehead atoms. The molecule has 3 aromatic rings. The van der Waals surface area contributed by atoms with E-state index in [2.05, 4.69) is 5.32 Å². The maximum Gasteiger partial charge on any atom is 0.244 e. The van der Waals surface area contributed by atoms with Crippen LogP contribution in [0.25, 0.3) is 0 Å². The molecule has 0 unspecified atom stereocenters. The fourth-order valence-corrected chi connectivity index (χ4v) is 5.15. The van der Waals surface area contributed by atoms with Gasteiger partial charge in [0.1, 0.15) is 24.2 Å². The van der Waals surface area contributed by atoms with Gasteiger partial charge in [0.15, 0.2) is 0 Å². The van der Waals surface area contributed by atoms with Gasteiger partial charge in [0.25, 0.3) is 0 Å². The molecule has 3 aromatic carbocycles. The molecular weight excluding hydrogens is 533 g/mol. The van der Waals surface area contributed by atoms with Crippen molar-refractivity contribution in [2.24, 2.45) is 0 Å². The summed E-state index contributed by atoms with van der Waals surface area (Å²) in [4.78, 5) is 28.8. The van der Waals surface area contributed by atoms with E-state index in [4.69, 9.17) is 4.74 Å². The normalized spacial score (nSPS) is 11.9. The summed E-state index contributed by atoms with van der Waals surface area (Å²) in [5.41, 5.74) is 1.19. The summed E-state index contributed by atoms with van der Waals surface area (Å²) in [6.45, 7) is 1.58. The summed E-state index contributed by atoms with van der Waals surface area (Å²) < 4.78 is 46.9. The molecule has 0 aliphatic heterocycles. The van der Waals surface area contributed by atoms with Gasteiger partial charge >= 0.3 is 0 Å². The highest BCUT2D eigenvalue weighted by Gasteiger charge is 2.34. The summed E-state index contributed by atoms with van der Waals surface area (Å²) in [5.74, 6) is -1.33. The number of para-hydroxylation sites is 2. The molecule has 0 aliphatic rings. The first kappa shape index (κ1) is 30.6. The number of anilines is 1. The highest BCUT2D eigenvalue weighted by molar-refractivity contribution is 7.92. The van der Waals surface area contributed by atoms with E-state index in [0.29, 0.717) is 6.54 Å². The van der Waals surface area contributed by atoms with E-state index in [9.17, 15) is 22.4 Å². The van der Waals surface area contributed by atoms with Gasteiger partial charge in [-0.3, -0.25) is 13.9 Å². The Balaban J connectivity index is 2.06. The Bertz CT molecular complexity index is 1380. The molecule has 8 nitrogen and oxygen atoms in total. The smallest absolute Gasteiger partial charge is 0.244 e. The molecule has 214 valence electrons. The number of benzene rings is 3. The first-order valence-electron chi connectivity index (χ1n) is 13.1. The molecule has 0 spiro atoms. The van der Waals surface area contributed by atoms with E-state index in [-0.39, 0.29) is 30.0 Å². The van der Waals surface area contributed by atoms with Crippen molar-refractivity contribution in [3.8, 4) is 5.75 Å². The fraction of sp³-hybridized carbons (Fsp3) is 0.333. The van der Waals surface area contributed by atoms with Crippen LogP contribution >= 0.6 is 0 Å². The SMILES string of the molecule is CCCCNC(=O)[C@H](Cc1ccccc1)N(Cc1ccccc1F)C(=O)CN(c1ccccc1OC)S(C)(=O)=O. The van der Waals surface area contributed by atoms with E-state index < -0.39 is 40.2 Å². The van der Waals surface area contributed by atoms with Crippen LogP contribution in [0.3, 0.4) is 0 Å². The minimum Gasteiger partial charge on any atom is -0.495 e. The molecule has 0 aliphatic carbocycles. The highest BCUT2D eigenvalue weighted by Crippen LogP contribution is 2.30. The van der Waals surface area contributed by atoms with Crippen molar-refractivity contribution in [2.45, 2.75) is 38.8 Å². The lowest BCUT2D eigenvalue weighted by Crippen LogP contribution is -2.53. The lowest BCUT2D eigenvalue weighted by Gasteiger charge is -2.33. The van der Waals surface area contributed by atoms with Gasteiger partial charge in [0.05, 0.1) is 19.1 Å². The lowest BCUT2D eigenvalue weighted by molar-refractivity contribution is -0.140. The Labute approximate surface area is 235 Å². The van der Waals surface area contributed by atoms with E-state index in [1.54, 1.807) is 30.3 Å². The predicted molar refractivity (Wildman–Crippen MR) is 154 cm³/mol. The van der Waals surface area contributed by atoms with Gasteiger partial charge in [-0.15, -0.1) is 0 Å². The molecular formula is C30H36FN3O5S. The maximum absolute atomic E-state index is 14.8. The summed E-state index contributed by atoms with van der Waals surface area (Å²) in [6.07, 6.45) is 2.77. The molecule has 0 aromatic heterocycles. The van der Waals surface area contributed by atoms with Crippen LogP contribution in [0, 0.1) is 5.82 Å². The van der Waals surface area contributed by atoms with E-state index >= 15 is 0 Å². The van der Waals surface area contributed by atoms with Crippen LogP contribution in [0.4, 0.5) is 10.1 Å². The van der Waals surface area contributed by atoms with Crippen molar-refractivity contribution >= 4 is 27.5 Å². The average Bonchev–Trinajstić information content (AvgIpc) is 2.94. The Morgan fingerprint density at radius 1 is 0.975 bits per heavy atom. The summed E-state index contributed by atoms with van der Waals surface area (Å²) in [5, 5.41) is 2.89. The van der Waals surface area contributed by atoms with Gasteiger partial charge in [-0.1, -0.05) is 74.0 Å². The number of nitrogens with one attached hydrogen (secondary N) is 1. The van der Waals surface area contributed by atoms with Crippen LogP contribution in [-0.4, -0.2) is 57.6 Å². The molecule has 3 rings (SSSR count). The number of carbonyl (C=O) groups excluding carboxylic acids is 2. The van der Waals surface area contributed by atoms with Gasteiger partial charge in [0.2, 0.25) is 21.8 Å². The molecule has 10 heteroatoms. The zero-order chi connectivity index (χ0) is 29.1. The quantitative estimate of drug-likeness (QED) is 0.294. The van der Waals surface area contributed by atoms with Crippen LogP contribution in [0.5, 0.6) is 5.75 Å². The zero-order valence-corrected chi connectivity index (χ0v) is 23.9. The van der Waals surface area contributed by atoms with Crippen LogP contribution in [0.1, 0.15) is 30.9 Å². The number of unbranched alkanes of at least 4 members (excludes halogenated alkanes) is 1. The fourth-order valence-electron chi connectivity index (χ4n) is 4.30. The molecule has 0 fully saturated rings.